The van der Waals surface area contributed by atoms with Crippen LogP contribution >= 0.6 is 15.9 Å². The van der Waals surface area contributed by atoms with E-state index in [2.05, 4.69) is 26.0 Å². The molecule has 1 aromatic carbocycles. The lowest BCUT2D eigenvalue weighted by Gasteiger charge is -2.30. The third-order valence-corrected chi connectivity index (χ3v) is 3.86. The van der Waals surface area contributed by atoms with Crippen molar-refractivity contribution in [3.63, 3.8) is 0 Å². The summed E-state index contributed by atoms with van der Waals surface area (Å²) >= 11 is 3.40. The Morgan fingerprint density at radius 2 is 2.05 bits per heavy atom. The van der Waals surface area contributed by atoms with Crippen LogP contribution in [0.3, 0.4) is 0 Å². The van der Waals surface area contributed by atoms with Crippen molar-refractivity contribution in [1.29, 1.82) is 0 Å². The maximum atomic E-state index is 10.6. The average molecular weight is 352 g/mol. The number of aliphatic hydroxyl groups is 1. The number of nitrogens with zero attached hydrogens (tertiary/aromatic N) is 3. The molecule has 6 heteroatoms. The van der Waals surface area contributed by atoms with Crippen LogP contribution < -0.4 is 0 Å². The molecule has 1 unspecified atom stereocenters. The standard InChI is InChI=1S/C15H18BrN3O2/c1-15(2,21-3)14(20)13(19-10-17-9-18-19)8-11-4-6-12(16)7-5-11/h4-10,14,20H,1-3H3/b13-8-. The fraction of sp³-hybridized carbons (Fsp3) is 0.333. The molecule has 0 radical (unpaired) electrons. The minimum atomic E-state index is -0.854. The second-order valence-electron chi connectivity index (χ2n) is 5.17. The highest BCUT2D eigenvalue weighted by molar-refractivity contribution is 9.10. The average Bonchev–Trinajstić information content (AvgIpc) is 3.00. The molecule has 5 nitrogen and oxygen atoms in total. The molecule has 0 fully saturated rings. The van der Waals surface area contributed by atoms with E-state index in [1.807, 2.05) is 44.2 Å². The number of hydrogen-bond donors (Lipinski definition) is 1. The maximum absolute atomic E-state index is 10.6. The smallest absolute Gasteiger partial charge is 0.138 e. The highest BCUT2D eigenvalue weighted by Gasteiger charge is 2.32. The Labute approximate surface area is 132 Å². The van der Waals surface area contributed by atoms with Gasteiger partial charge in [-0.15, -0.1) is 0 Å². The Balaban J connectivity index is 2.44. The van der Waals surface area contributed by atoms with E-state index in [1.165, 1.54) is 6.33 Å². The molecule has 112 valence electrons. The number of hydrogen-bond acceptors (Lipinski definition) is 4. The quantitative estimate of drug-likeness (QED) is 0.899. The monoisotopic (exact) mass is 351 g/mol. The molecule has 0 saturated carbocycles. The number of ether oxygens (including phenoxy) is 1. The van der Waals surface area contributed by atoms with E-state index in [0.29, 0.717) is 5.70 Å². The second-order valence-corrected chi connectivity index (χ2v) is 6.09. The van der Waals surface area contributed by atoms with Crippen LogP contribution in [0.25, 0.3) is 11.8 Å². The molecule has 0 aliphatic rings. The zero-order chi connectivity index (χ0) is 15.5. The summed E-state index contributed by atoms with van der Waals surface area (Å²) < 4.78 is 7.92. The molecule has 1 N–H and O–H groups in total. The van der Waals surface area contributed by atoms with Crippen LogP contribution in [0.1, 0.15) is 19.4 Å². The molecular weight excluding hydrogens is 334 g/mol. The summed E-state index contributed by atoms with van der Waals surface area (Å²) in [5.41, 5.74) is 0.809. The molecule has 2 rings (SSSR count). The van der Waals surface area contributed by atoms with E-state index < -0.39 is 11.7 Å². The van der Waals surface area contributed by atoms with E-state index >= 15 is 0 Å². The molecule has 0 bridgehead atoms. The topological polar surface area (TPSA) is 60.2 Å². The van der Waals surface area contributed by atoms with Gasteiger partial charge in [0, 0.05) is 11.6 Å². The van der Waals surface area contributed by atoms with E-state index in [-0.39, 0.29) is 0 Å². The molecule has 1 atom stereocenters. The van der Waals surface area contributed by atoms with E-state index in [9.17, 15) is 5.11 Å². The maximum Gasteiger partial charge on any atom is 0.138 e. The fourth-order valence-corrected chi connectivity index (χ4v) is 2.07. The van der Waals surface area contributed by atoms with Crippen molar-refractivity contribution in [3.8, 4) is 0 Å². The van der Waals surface area contributed by atoms with Crippen molar-refractivity contribution in [2.45, 2.75) is 25.6 Å². The van der Waals surface area contributed by atoms with E-state index in [1.54, 1.807) is 18.1 Å². The first-order valence-electron chi connectivity index (χ1n) is 6.49. The van der Waals surface area contributed by atoms with E-state index in [0.717, 1.165) is 10.0 Å². The molecule has 0 aliphatic heterocycles. The normalized spacial score (nSPS) is 14.2. The van der Waals surface area contributed by atoms with Gasteiger partial charge >= 0.3 is 0 Å². The predicted molar refractivity (Wildman–Crippen MR) is 85.4 cm³/mol. The first kappa shape index (κ1) is 15.9. The zero-order valence-corrected chi connectivity index (χ0v) is 13.8. The highest BCUT2D eigenvalue weighted by atomic mass is 79.9. The Hall–Kier alpha value is -1.50. The Morgan fingerprint density at radius 1 is 1.38 bits per heavy atom. The van der Waals surface area contributed by atoms with Crippen molar-refractivity contribution < 1.29 is 9.84 Å². The third kappa shape index (κ3) is 3.78. The van der Waals surface area contributed by atoms with Crippen LogP contribution in [0.5, 0.6) is 0 Å². The van der Waals surface area contributed by atoms with Crippen LogP contribution in [0.2, 0.25) is 0 Å². The summed E-state index contributed by atoms with van der Waals surface area (Å²) in [5, 5.41) is 14.7. The molecule has 0 amide bonds. The lowest BCUT2D eigenvalue weighted by molar-refractivity contribution is -0.0539. The summed E-state index contributed by atoms with van der Waals surface area (Å²) in [7, 11) is 1.57. The van der Waals surface area contributed by atoms with Gasteiger partial charge in [0.05, 0.1) is 11.3 Å². The van der Waals surface area contributed by atoms with Crippen molar-refractivity contribution in [3.05, 3.63) is 47.0 Å². The van der Waals surface area contributed by atoms with Gasteiger partial charge in [-0.3, -0.25) is 0 Å². The predicted octanol–water partition coefficient (Wildman–Crippen LogP) is 2.82. The van der Waals surface area contributed by atoms with Crippen LogP contribution in [0.15, 0.2) is 41.4 Å². The molecule has 0 aliphatic carbocycles. The highest BCUT2D eigenvalue weighted by Crippen LogP contribution is 2.25. The first-order chi connectivity index (χ1) is 9.94. The summed E-state index contributed by atoms with van der Waals surface area (Å²) in [6.45, 7) is 3.65. The van der Waals surface area contributed by atoms with Gasteiger partial charge < -0.3 is 9.84 Å². The molecule has 1 aromatic heterocycles. The van der Waals surface area contributed by atoms with Gasteiger partial charge in [0.25, 0.3) is 0 Å². The number of halogens is 1. The Bertz CT molecular complexity index is 606. The summed E-state index contributed by atoms with van der Waals surface area (Å²) in [6.07, 6.45) is 4.00. The van der Waals surface area contributed by atoms with Gasteiger partial charge in [-0.1, -0.05) is 28.1 Å². The SMILES string of the molecule is COC(C)(C)C(O)/C(=C/c1ccc(Br)cc1)n1cncn1. The number of rotatable bonds is 5. The van der Waals surface area contributed by atoms with Crippen molar-refractivity contribution in [2.24, 2.45) is 0 Å². The van der Waals surface area contributed by atoms with Gasteiger partial charge in [-0.2, -0.15) is 5.10 Å². The molecule has 0 spiro atoms. The number of benzene rings is 1. The van der Waals surface area contributed by atoms with Crippen molar-refractivity contribution in [2.75, 3.05) is 7.11 Å². The molecular formula is C15H18BrN3O2. The Kier molecular flexibility index (Phi) is 4.92. The molecule has 1 heterocycles. The zero-order valence-electron chi connectivity index (χ0n) is 12.2. The van der Waals surface area contributed by atoms with Crippen LogP contribution in [-0.4, -0.2) is 38.7 Å². The number of methoxy groups -OCH3 is 1. The number of aliphatic hydroxyl groups excluding tert-OH is 1. The van der Waals surface area contributed by atoms with Crippen LogP contribution in [-0.2, 0) is 4.74 Å². The minimum Gasteiger partial charge on any atom is -0.384 e. The third-order valence-electron chi connectivity index (χ3n) is 3.33. The van der Waals surface area contributed by atoms with E-state index in [4.69, 9.17) is 4.74 Å². The Morgan fingerprint density at radius 3 is 2.57 bits per heavy atom. The van der Waals surface area contributed by atoms with Gasteiger partial charge in [-0.25, -0.2) is 9.67 Å². The lowest BCUT2D eigenvalue weighted by Crippen LogP contribution is -2.40. The van der Waals surface area contributed by atoms with Gasteiger partial charge in [-0.05, 0) is 37.6 Å². The largest absolute Gasteiger partial charge is 0.384 e. The second kappa shape index (κ2) is 6.51. The van der Waals surface area contributed by atoms with Gasteiger partial charge in [0.1, 0.15) is 18.8 Å². The van der Waals surface area contributed by atoms with Gasteiger partial charge in [0.2, 0.25) is 0 Å². The minimum absolute atomic E-state index is 0.599. The summed E-state index contributed by atoms with van der Waals surface area (Å²) in [4.78, 5) is 3.94. The summed E-state index contributed by atoms with van der Waals surface area (Å²) in [6, 6.07) is 7.79. The van der Waals surface area contributed by atoms with Crippen molar-refractivity contribution in [1.82, 2.24) is 14.8 Å². The van der Waals surface area contributed by atoms with Gasteiger partial charge in [0.15, 0.2) is 0 Å². The summed E-state index contributed by atoms with van der Waals surface area (Å²) in [5.74, 6) is 0. The molecule has 2 aromatic rings. The van der Waals surface area contributed by atoms with Crippen LogP contribution in [0.4, 0.5) is 0 Å². The fourth-order valence-electron chi connectivity index (χ4n) is 1.81. The van der Waals surface area contributed by atoms with Crippen LogP contribution in [0, 0.1) is 0 Å². The first-order valence-corrected chi connectivity index (χ1v) is 7.29. The number of aromatic nitrogens is 3. The van der Waals surface area contributed by atoms with Crippen molar-refractivity contribution >= 4 is 27.7 Å². The molecule has 0 saturated heterocycles. The molecule has 21 heavy (non-hydrogen) atoms. The lowest BCUT2D eigenvalue weighted by atomic mass is 9.97.